The van der Waals surface area contributed by atoms with Gasteiger partial charge in [0.15, 0.2) is 11.8 Å². The van der Waals surface area contributed by atoms with Gasteiger partial charge in [-0.2, -0.15) is 10.1 Å². The average Bonchev–Trinajstić information content (AvgIpc) is 3.35. The van der Waals surface area contributed by atoms with Crippen LogP contribution in [0.1, 0.15) is 5.76 Å². The Labute approximate surface area is 155 Å². The number of thiophene rings is 1. The van der Waals surface area contributed by atoms with Crippen molar-refractivity contribution in [3.8, 4) is 10.6 Å². The molecule has 0 aliphatic rings. The highest BCUT2D eigenvalue weighted by molar-refractivity contribution is 7.13. The zero-order valence-electron chi connectivity index (χ0n) is 14.3. The van der Waals surface area contributed by atoms with Crippen molar-refractivity contribution >= 4 is 39.8 Å². The van der Waals surface area contributed by atoms with Gasteiger partial charge in [-0.3, -0.25) is 5.10 Å². The number of H-pyrrole nitrogens is 1. The lowest BCUT2D eigenvalue weighted by atomic mass is 10.2. The summed E-state index contributed by atoms with van der Waals surface area (Å²) in [5, 5.41) is 13.2. The Morgan fingerprint density at radius 1 is 1.27 bits per heavy atom. The van der Waals surface area contributed by atoms with Crippen LogP contribution in [-0.2, 0) is 0 Å². The standard InChI is InChI=1S/C17H15N5OS.C2H4/c1-10-7-11-8-12(4-5-14(11)23-10)19-17(18)20-16-9-13(21-22-16)15-3-2-6-24-15;1-2/h2-9H,1H3,(H4,18,19,20,21,22);1-2H2. The molecule has 4 rings (SSSR count). The molecule has 0 aliphatic heterocycles. The van der Waals surface area contributed by atoms with Gasteiger partial charge in [-0.05, 0) is 42.6 Å². The van der Waals surface area contributed by atoms with E-state index in [1.54, 1.807) is 11.3 Å². The smallest absolute Gasteiger partial charge is 0.199 e. The van der Waals surface area contributed by atoms with Crippen molar-refractivity contribution in [2.24, 2.45) is 10.7 Å². The summed E-state index contributed by atoms with van der Waals surface area (Å²) in [6.45, 7) is 7.92. The van der Waals surface area contributed by atoms with E-state index in [2.05, 4.69) is 33.7 Å². The Balaban J connectivity index is 0.000000948. The van der Waals surface area contributed by atoms with Crippen molar-refractivity contribution < 1.29 is 4.42 Å². The van der Waals surface area contributed by atoms with Gasteiger partial charge in [0.05, 0.1) is 10.6 Å². The van der Waals surface area contributed by atoms with Crippen LogP contribution < -0.4 is 11.1 Å². The fraction of sp³-hybridized carbons (Fsp3) is 0.0526. The third kappa shape index (κ3) is 3.84. The van der Waals surface area contributed by atoms with Crippen molar-refractivity contribution in [2.75, 3.05) is 5.32 Å². The molecule has 132 valence electrons. The maximum Gasteiger partial charge on any atom is 0.199 e. The quantitative estimate of drug-likeness (QED) is 0.269. The summed E-state index contributed by atoms with van der Waals surface area (Å²) >= 11 is 1.64. The molecule has 26 heavy (non-hydrogen) atoms. The van der Waals surface area contributed by atoms with Crippen LogP contribution in [-0.4, -0.2) is 16.2 Å². The predicted octanol–water partition coefficient (Wildman–Crippen LogP) is 5.05. The molecule has 0 aliphatic carbocycles. The number of guanidine groups is 1. The first-order valence-electron chi connectivity index (χ1n) is 7.88. The first kappa shape index (κ1) is 17.5. The minimum atomic E-state index is 0.277. The van der Waals surface area contributed by atoms with Crippen LogP contribution in [0, 0.1) is 6.92 Å². The van der Waals surface area contributed by atoms with E-state index in [1.807, 2.05) is 54.8 Å². The average molecular weight is 365 g/mol. The number of anilines is 1. The van der Waals surface area contributed by atoms with Gasteiger partial charge in [0.1, 0.15) is 11.3 Å². The van der Waals surface area contributed by atoms with E-state index in [0.29, 0.717) is 5.82 Å². The van der Waals surface area contributed by atoms with Gasteiger partial charge in [-0.25, -0.2) is 0 Å². The Hall–Kier alpha value is -3.32. The normalized spacial score (nSPS) is 11.2. The summed E-state index contributed by atoms with van der Waals surface area (Å²) in [5.74, 6) is 1.68. The van der Waals surface area contributed by atoms with Crippen LogP contribution in [0.2, 0.25) is 0 Å². The van der Waals surface area contributed by atoms with Crippen molar-refractivity contribution in [1.29, 1.82) is 0 Å². The monoisotopic (exact) mass is 365 g/mol. The van der Waals surface area contributed by atoms with Crippen LogP contribution in [0.4, 0.5) is 11.5 Å². The summed E-state index contributed by atoms with van der Waals surface area (Å²) < 4.78 is 5.56. The molecule has 3 heterocycles. The third-order valence-electron chi connectivity index (χ3n) is 3.50. The van der Waals surface area contributed by atoms with E-state index in [1.165, 1.54) is 0 Å². The zero-order chi connectivity index (χ0) is 18.5. The molecule has 0 spiro atoms. The Bertz CT molecular complexity index is 1030. The molecule has 6 nitrogen and oxygen atoms in total. The van der Waals surface area contributed by atoms with Gasteiger partial charge in [-0.15, -0.1) is 24.5 Å². The number of hydrogen-bond donors (Lipinski definition) is 3. The van der Waals surface area contributed by atoms with Crippen LogP contribution in [0.25, 0.3) is 21.5 Å². The number of hydrogen-bond acceptors (Lipinski definition) is 4. The number of rotatable bonds is 3. The Morgan fingerprint density at radius 2 is 2.12 bits per heavy atom. The molecule has 0 fully saturated rings. The highest BCUT2D eigenvalue weighted by atomic mass is 32.1. The van der Waals surface area contributed by atoms with Gasteiger partial charge in [-0.1, -0.05) is 6.07 Å². The number of aryl methyl sites for hydroxylation is 1. The summed E-state index contributed by atoms with van der Waals surface area (Å²) in [4.78, 5) is 5.40. The molecule has 0 unspecified atom stereocenters. The Kier molecular flexibility index (Phi) is 5.19. The molecule has 0 saturated heterocycles. The molecule has 0 bridgehead atoms. The summed E-state index contributed by atoms with van der Waals surface area (Å²) in [6, 6.07) is 13.6. The largest absolute Gasteiger partial charge is 0.461 e. The summed E-state index contributed by atoms with van der Waals surface area (Å²) in [5.41, 5.74) is 8.60. The number of nitrogens with two attached hydrogens (primary N) is 1. The van der Waals surface area contributed by atoms with E-state index in [9.17, 15) is 0 Å². The second-order valence-corrected chi connectivity index (χ2v) is 6.30. The van der Waals surface area contributed by atoms with Gasteiger partial charge < -0.3 is 15.5 Å². The minimum Gasteiger partial charge on any atom is -0.461 e. The number of aromatic amines is 1. The maximum absolute atomic E-state index is 5.98. The molecule has 0 radical (unpaired) electrons. The molecule has 4 aromatic rings. The minimum absolute atomic E-state index is 0.277. The van der Waals surface area contributed by atoms with Crippen LogP contribution in [0.15, 0.2) is 70.4 Å². The van der Waals surface area contributed by atoms with Gasteiger partial charge >= 0.3 is 0 Å². The lowest BCUT2D eigenvalue weighted by molar-refractivity contribution is 0.578. The van der Waals surface area contributed by atoms with Gasteiger partial charge in [0.2, 0.25) is 0 Å². The number of fused-ring (bicyclic) bond motifs is 1. The van der Waals surface area contributed by atoms with Crippen molar-refractivity contribution in [1.82, 2.24) is 10.2 Å². The first-order valence-corrected chi connectivity index (χ1v) is 8.76. The molecule has 0 atom stereocenters. The molecular weight excluding hydrogens is 346 g/mol. The Morgan fingerprint density at radius 3 is 2.88 bits per heavy atom. The zero-order valence-corrected chi connectivity index (χ0v) is 15.1. The van der Waals surface area contributed by atoms with Crippen LogP contribution in [0.3, 0.4) is 0 Å². The lowest BCUT2D eigenvalue weighted by Gasteiger charge is -2.04. The number of aliphatic imine (C=N–C) groups is 1. The van der Waals surface area contributed by atoms with Crippen molar-refractivity contribution in [3.63, 3.8) is 0 Å². The van der Waals surface area contributed by atoms with E-state index >= 15 is 0 Å². The topological polar surface area (TPSA) is 92.2 Å². The molecule has 0 amide bonds. The van der Waals surface area contributed by atoms with E-state index in [0.717, 1.165) is 33.0 Å². The van der Waals surface area contributed by atoms with Gasteiger partial charge in [0.25, 0.3) is 0 Å². The maximum atomic E-state index is 5.98. The van der Waals surface area contributed by atoms with Crippen molar-refractivity contribution in [3.05, 3.63) is 66.8 Å². The van der Waals surface area contributed by atoms with Crippen LogP contribution in [0.5, 0.6) is 0 Å². The fourth-order valence-electron chi connectivity index (χ4n) is 2.48. The number of nitrogens with zero attached hydrogens (tertiary/aromatic N) is 2. The molecule has 3 aromatic heterocycles. The predicted molar refractivity (Wildman–Crippen MR) is 109 cm³/mol. The third-order valence-corrected chi connectivity index (χ3v) is 4.40. The van der Waals surface area contributed by atoms with Gasteiger partial charge in [0, 0.05) is 17.1 Å². The number of furan rings is 1. The second kappa shape index (κ2) is 7.71. The first-order chi connectivity index (χ1) is 12.7. The highest BCUT2D eigenvalue weighted by Crippen LogP contribution is 2.26. The summed E-state index contributed by atoms with van der Waals surface area (Å²) in [7, 11) is 0. The molecular formula is C19H19N5OS. The molecule has 1 aromatic carbocycles. The fourth-order valence-corrected chi connectivity index (χ4v) is 3.17. The number of aromatic nitrogens is 2. The highest BCUT2D eigenvalue weighted by Gasteiger charge is 2.05. The van der Waals surface area contributed by atoms with Crippen molar-refractivity contribution in [2.45, 2.75) is 6.92 Å². The molecule has 7 heteroatoms. The van der Waals surface area contributed by atoms with E-state index in [4.69, 9.17) is 10.2 Å². The molecule has 4 N–H and O–H groups in total. The van der Waals surface area contributed by atoms with E-state index < -0.39 is 0 Å². The number of nitrogens with one attached hydrogen (secondary N) is 2. The molecule has 0 saturated carbocycles. The number of benzene rings is 1. The van der Waals surface area contributed by atoms with Crippen LogP contribution >= 0.6 is 11.3 Å². The SMILES string of the molecule is C=C.Cc1cc2cc(NC(N)=Nc3cc(-c4cccs4)[nH]n3)ccc2o1. The summed E-state index contributed by atoms with van der Waals surface area (Å²) in [6.07, 6.45) is 0. The second-order valence-electron chi connectivity index (χ2n) is 5.35. The lowest BCUT2D eigenvalue weighted by Crippen LogP contribution is -2.21. The van der Waals surface area contributed by atoms with E-state index in [-0.39, 0.29) is 5.96 Å².